The van der Waals surface area contributed by atoms with Crippen molar-refractivity contribution in [3.63, 3.8) is 0 Å². The van der Waals surface area contributed by atoms with Crippen LogP contribution in [-0.4, -0.2) is 36.6 Å². The average Bonchev–Trinajstić information content (AvgIpc) is 2.64. The molecule has 0 bridgehead atoms. The predicted molar refractivity (Wildman–Crippen MR) is 57.8 cm³/mol. The third kappa shape index (κ3) is 2.41. The third-order valence-corrected chi connectivity index (χ3v) is 4.15. The van der Waals surface area contributed by atoms with E-state index in [-0.39, 0.29) is 23.5 Å². The van der Waals surface area contributed by atoms with Gasteiger partial charge in [-0.05, 0) is 0 Å². The summed E-state index contributed by atoms with van der Waals surface area (Å²) >= 11 is 0. The molecule has 1 fully saturated rings. The summed E-state index contributed by atoms with van der Waals surface area (Å²) in [4.78, 5) is 4.19. The Balaban J connectivity index is 2.17. The number of hydrogen-bond donors (Lipinski definition) is 1. The fourth-order valence-corrected chi connectivity index (χ4v) is 2.94. The first kappa shape index (κ1) is 11.5. The van der Waals surface area contributed by atoms with Gasteiger partial charge in [0.1, 0.15) is 0 Å². The van der Waals surface area contributed by atoms with Gasteiger partial charge in [0, 0.05) is 12.5 Å². The lowest BCUT2D eigenvalue weighted by atomic mass is 10.2. The van der Waals surface area contributed by atoms with Crippen LogP contribution in [0.2, 0.25) is 0 Å². The molecule has 1 unspecified atom stereocenters. The van der Waals surface area contributed by atoms with E-state index in [0.29, 0.717) is 18.3 Å². The van der Waals surface area contributed by atoms with Crippen LogP contribution < -0.4 is 5.32 Å². The van der Waals surface area contributed by atoms with Crippen molar-refractivity contribution in [3.05, 3.63) is 11.7 Å². The second-order valence-corrected chi connectivity index (χ2v) is 6.50. The van der Waals surface area contributed by atoms with Gasteiger partial charge in [-0.1, -0.05) is 19.0 Å². The van der Waals surface area contributed by atoms with Crippen molar-refractivity contribution in [3.8, 4) is 0 Å². The van der Waals surface area contributed by atoms with Gasteiger partial charge in [-0.3, -0.25) is 0 Å². The van der Waals surface area contributed by atoms with E-state index in [4.69, 9.17) is 4.52 Å². The molecule has 1 aliphatic rings. The molecule has 0 aliphatic carbocycles. The van der Waals surface area contributed by atoms with Gasteiger partial charge >= 0.3 is 0 Å². The number of aromatic nitrogens is 2. The number of rotatable bonds is 2. The molecule has 0 spiro atoms. The molecule has 1 N–H and O–H groups in total. The summed E-state index contributed by atoms with van der Waals surface area (Å²) in [6.45, 7) is 4.34. The molecule has 1 aromatic rings. The van der Waals surface area contributed by atoms with Crippen molar-refractivity contribution >= 4 is 9.84 Å². The normalized spacial score (nSPS) is 24.8. The molecule has 2 rings (SSSR count). The largest absolute Gasteiger partial charge is 0.339 e. The van der Waals surface area contributed by atoms with Crippen LogP contribution in [0.15, 0.2) is 4.52 Å². The topological polar surface area (TPSA) is 85.1 Å². The Hall–Kier alpha value is -0.950. The molecule has 1 aliphatic heterocycles. The summed E-state index contributed by atoms with van der Waals surface area (Å²) in [6, 6.07) is -0.338. The fraction of sp³-hybridized carbons (Fsp3) is 0.778. The van der Waals surface area contributed by atoms with Crippen molar-refractivity contribution in [1.82, 2.24) is 15.5 Å². The Morgan fingerprint density at radius 2 is 2.25 bits per heavy atom. The predicted octanol–water partition coefficient (Wildman–Crippen LogP) is 0.252. The van der Waals surface area contributed by atoms with E-state index in [1.807, 2.05) is 13.8 Å². The van der Waals surface area contributed by atoms with Crippen LogP contribution in [-0.2, 0) is 9.84 Å². The van der Waals surface area contributed by atoms with Gasteiger partial charge in [0.25, 0.3) is 0 Å². The lowest BCUT2D eigenvalue weighted by Gasteiger charge is -2.20. The summed E-state index contributed by atoms with van der Waals surface area (Å²) in [5.74, 6) is 1.36. The Kier molecular flexibility index (Phi) is 2.98. The van der Waals surface area contributed by atoms with Crippen LogP contribution in [0.4, 0.5) is 0 Å². The van der Waals surface area contributed by atoms with Crippen LogP contribution in [0.1, 0.15) is 37.5 Å². The molecule has 2 heterocycles. The summed E-state index contributed by atoms with van der Waals surface area (Å²) in [7, 11) is -2.98. The number of nitrogens with one attached hydrogen (secondary N) is 1. The van der Waals surface area contributed by atoms with Gasteiger partial charge in [-0.15, -0.1) is 0 Å². The van der Waals surface area contributed by atoms with Gasteiger partial charge in [0.2, 0.25) is 5.89 Å². The zero-order valence-corrected chi connectivity index (χ0v) is 10.1. The quantitative estimate of drug-likeness (QED) is 0.804. The van der Waals surface area contributed by atoms with Crippen LogP contribution in [0.25, 0.3) is 0 Å². The van der Waals surface area contributed by atoms with Gasteiger partial charge in [-0.2, -0.15) is 4.98 Å². The first-order chi connectivity index (χ1) is 7.48. The lowest BCUT2D eigenvalue weighted by Crippen LogP contribution is -2.39. The minimum absolute atomic E-state index is 0.0457. The van der Waals surface area contributed by atoms with Crippen LogP contribution in [0.3, 0.4) is 0 Å². The SMILES string of the molecule is CC(C)c1nc(C2CS(=O)(=O)CCN2)no1. The average molecular weight is 245 g/mol. The fourth-order valence-electron chi connectivity index (χ4n) is 1.57. The minimum Gasteiger partial charge on any atom is -0.339 e. The van der Waals surface area contributed by atoms with E-state index in [9.17, 15) is 8.42 Å². The zero-order chi connectivity index (χ0) is 11.8. The van der Waals surface area contributed by atoms with Gasteiger partial charge < -0.3 is 9.84 Å². The van der Waals surface area contributed by atoms with Crippen molar-refractivity contribution in [2.75, 3.05) is 18.1 Å². The summed E-state index contributed by atoms with van der Waals surface area (Å²) in [6.07, 6.45) is 0. The molecule has 0 amide bonds. The highest BCUT2D eigenvalue weighted by Gasteiger charge is 2.29. The van der Waals surface area contributed by atoms with E-state index < -0.39 is 9.84 Å². The molecular weight excluding hydrogens is 230 g/mol. The lowest BCUT2D eigenvalue weighted by molar-refractivity contribution is 0.355. The molecule has 6 nitrogen and oxygen atoms in total. The van der Waals surface area contributed by atoms with Crippen LogP contribution in [0.5, 0.6) is 0 Å². The van der Waals surface area contributed by atoms with Crippen molar-refractivity contribution in [2.45, 2.75) is 25.8 Å². The number of sulfone groups is 1. The van der Waals surface area contributed by atoms with Gasteiger partial charge in [-0.25, -0.2) is 8.42 Å². The monoisotopic (exact) mass is 245 g/mol. The second kappa shape index (κ2) is 4.14. The number of hydrogen-bond acceptors (Lipinski definition) is 6. The molecule has 7 heteroatoms. The van der Waals surface area contributed by atoms with E-state index >= 15 is 0 Å². The first-order valence-electron chi connectivity index (χ1n) is 5.25. The van der Waals surface area contributed by atoms with Crippen molar-refractivity contribution in [1.29, 1.82) is 0 Å². The minimum atomic E-state index is -2.98. The van der Waals surface area contributed by atoms with Crippen molar-refractivity contribution in [2.24, 2.45) is 0 Å². The smallest absolute Gasteiger partial charge is 0.229 e. The van der Waals surface area contributed by atoms with E-state index in [0.717, 1.165) is 0 Å². The highest BCUT2D eigenvalue weighted by atomic mass is 32.2. The molecule has 16 heavy (non-hydrogen) atoms. The summed E-state index contributed by atoms with van der Waals surface area (Å²) < 4.78 is 27.9. The van der Waals surface area contributed by atoms with Crippen molar-refractivity contribution < 1.29 is 12.9 Å². The molecule has 1 aromatic heterocycles. The highest BCUT2D eigenvalue weighted by molar-refractivity contribution is 7.91. The standard InChI is InChI=1S/C9H15N3O3S/c1-6(2)9-11-8(12-15-9)7-5-16(13,14)4-3-10-7/h6-7,10H,3-5H2,1-2H3. The molecule has 1 saturated heterocycles. The molecular formula is C9H15N3O3S. The molecule has 0 radical (unpaired) electrons. The maximum Gasteiger partial charge on any atom is 0.229 e. The van der Waals surface area contributed by atoms with E-state index in [1.165, 1.54) is 0 Å². The van der Waals surface area contributed by atoms with E-state index in [1.54, 1.807) is 0 Å². The van der Waals surface area contributed by atoms with Gasteiger partial charge in [0.05, 0.1) is 17.5 Å². The molecule has 0 saturated carbocycles. The molecule has 1 atom stereocenters. The first-order valence-corrected chi connectivity index (χ1v) is 7.07. The van der Waals surface area contributed by atoms with E-state index in [2.05, 4.69) is 15.5 Å². The Bertz CT molecular complexity index is 466. The second-order valence-electron chi connectivity index (χ2n) is 4.27. The molecule has 0 aromatic carbocycles. The summed E-state index contributed by atoms with van der Waals surface area (Å²) in [5.41, 5.74) is 0. The Morgan fingerprint density at radius 1 is 1.50 bits per heavy atom. The number of nitrogens with zero attached hydrogens (tertiary/aromatic N) is 2. The Morgan fingerprint density at radius 3 is 2.81 bits per heavy atom. The Labute approximate surface area is 94.3 Å². The van der Waals surface area contributed by atoms with Crippen LogP contribution >= 0.6 is 0 Å². The maximum atomic E-state index is 11.4. The van der Waals surface area contributed by atoms with Crippen LogP contribution in [0, 0.1) is 0 Å². The van der Waals surface area contributed by atoms with Gasteiger partial charge in [0.15, 0.2) is 15.7 Å². The third-order valence-electron chi connectivity index (χ3n) is 2.49. The zero-order valence-electron chi connectivity index (χ0n) is 9.30. The summed E-state index contributed by atoms with van der Waals surface area (Å²) in [5, 5.41) is 6.89. The molecule has 90 valence electrons. The maximum absolute atomic E-state index is 11.4. The highest BCUT2D eigenvalue weighted by Crippen LogP contribution is 2.18.